The molecule has 1 aliphatic heterocycles. The van der Waals surface area contributed by atoms with Crippen LogP contribution in [0.2, 0.25) is 0 Å². The molecule has 2 atom stereocenters. The van der Waals surface area contributed by atoms with E-state index in [2.05, 4.69) is 47.3 Å². The smallest absolute Gasteiger partial charge is 0.193 e. The number of methoxy groups -OCH3 is 2. The molecule has 0 spiro atoms. The molecular formula is C23H33IN4O3. The van der Waals surface area contributed by atoms with Gasteiger partial charge in [0.15, 0.2) is 17.5 Å². The molecule has 1 heterocycles. The Morgan fingerprint density at radius 2 is 1.71 bits per heavy atom. The largest absolute Gasteiger partial charge is 0.493 e. The van der Waals surface area contributed by atoms with Crippen molar-refractivity contribution >= 4 is 35.6 Å². The maximum absolute atomic E-state index is 6.13. The minimum Gasteiger partial charge on any atom is -0.493 e. The monoisotopic (exact) mass is 540 g/mol. The summed E-state index contributed by atoms with van der Waals surface area (Å²) in [5.74, 6) is 1.65. The van der Waals surface area contributed by atoms with Crippen molar-refractivity contribution in [1.29, 1.82) is 0 Å². The Hall–Kier alpha value is -2.04. The zero-order valence-corrected chi connectivity index (χ0v) is 21.0. The molecule has 2 aromatic carbocycles. The maximum Gasteiger partial charge on any atom is 0.193 e. The van der Waals surface area contributed by atoms with Crippen molar-refractivity contribution in [1.82, 2.24) is 4.90 Å². The molecule has 0 aliphatic carbocycles. The average molecular weight is 540 g/mol. The van der Waals surface area contributed by atoms with Gasteiger partial charge in [0.1, 0.15) is 0 Å². The van der Waals surface area contributed by atoms with Crippen molar-refractivity contribution in [2.45, 2.75) is 39.1 Å². The van der Waals surface area contributed by atoms with E-state index >= 15 is 0 Å². The number of benzene rings is 2. The molecule has 8 heteroatoms. The van der Waals surface area contributed by atoms with Gasteiger partial charge in [-0.1, -0.05) is 24.3 Å². The third-order valence-corrected chi connectivity index (χ3v) is 5.08. The minimum absolute atomic E-state index is 0. The second-order valence-electron chi connectivity index (χ2n) is 7.62. The Labute approximate surface area is 202 Å². The topological polar surface area (TPSA) is 81.3 Å². The highest BCUT2D eigenvalue weighted by atomic mass is 127. The van der Waals surface area contributed by atoms with Crippen LogP contribution in [0, 0.1) is 0 Å². The van der Waals surface area contributed by atoms with Crippen molar-refractivity contribution in [3.63, 3.8) is 0 Å². The van der Waals surface area contributed by atoms with Gasteiger partial charge in [0, 0.05) is 31.4 Å². The second kappa shape index (κ2) is 12.1. The summed E-state index contributed by atoms with van der Waals surface area (Å²) in [6.45, 7) is 7.51. The van der Waals surface area contributed by atoms with Crippen molar-refractivity contribution in [3.8, 4) is 11.5 Å². The Balaban J connectivity index is 0.00000341. The molecular weight excluding hydrogens is 507 g/mol. The number of hydrogen-bond acceptors (Lipinski definition) is 5. The predicted molar refractivity (Wildman–Crippen MR) is 136 cm³/mol. The fraction of sp³-hybridized carbons (Fsp3) is 0.435. The number of rotatable bonds is 7. The molecule has 0 aromatic heterocycles. The highest BCUT2D eigenvalue weighted by Crippen LogP contribution is 2.29. The first-order chi connectivity index (χ1) is 14.5. The molecule has 0 amide bonds. The minimum atomic E-state index is 0. The quantitative estimate of drug-likeness (QED) is 0.316. The van der Waals surface area contributed by atoms with E-state index in [1.165, 1.54) is 11.1 Å². The lowest BCUT2D eigenvalue weighted by Gasteiger charge is -2.35. The van der Waals surface area contributed by atoms with Crippen molar-refractivity contribution < 1.29 is 14.2 Å². The number of guanidine groups is 1. The number of anilines is 1. The fourth-order valence-corrected chi connectivity index (χ4v) is 3.79. The second-order valence-corrected chi connectivity index (χ2v) is 7.62. The first-order valence-electron chi connectivity index (χ1n) is 10.2. The van der Waals surface area contributed by atoms with E-state index in [-0.39, 0.29) is 36.2 Å². The van der Waals surface area contributed by atoms with Gasteiger partial charge in [-0.25, -0.2) is 4.99 Å². The number of hydrogen-bond donors (Lipinski definition) is 2. The number of ether oxygens (including phenoxy) is 3. The lowest BCUT2D eigenvalue weighted by atomic mass is 10.1. The van der Waals surface area contributed by atoms with Crippen LogP contribution in [0.15, 0.2) is 47.5 Å². The van der Waals surface area contributed by atoms with Crippen LogP contribution in [-0.4, -0.2) is 50.4 Å². The maximum atomic E-state index is 6.13. The standard InChI is InChI=1S/C23H32N4O3.HI/c1-16-13-27(14-17(2)30-16)15-19-8-6-5-7-18(19)12-25-23(24)26-20-9-10-21(28-3)22(11-20)29-4;/h5-11,16-17H,12-15H2,1-4H3,(H3,24,25,26);1H. The van der Waals surface area contributed by atoms with Crippen LogP contribution in [-0.2, 0) is 17.8 Å². The number of halogens is 1. The van der Waals surface area contributed by atoms with Gasteiger partial charge < -0.3 is 25.3 Å². The molecule has 2 unspecified atom stereocenters. The van der Waals surface area contributed by atoms with E-state index in [4.69, 9.17) is 19.9 Å². The molecule has 170 valence electrons. The van der Waals surface area contributed by atoms with Gasteiger partial charge in [-0.3, -0.25) is 4.90 Å². The van der Waals surface area contributed by atoms with E-state index < -0.39 is 0 Å². The summed E-state index contributed by atoms with van der Waals surface area (Å²) in [5.41, 5.74) is 9.35. The van der Waals surface area contributed by atoms with Crippen LogP contribution >= 0.6 is 24.0 Å². The van der Waals surface area contributed by atoms with Crippen LogP contribution < -0.4 is 20.5 Å². The van der Waals surface area contributed by atoms with Crippen LogP contribution in [0.25, 0.3) is 0 Å². The van der Waals surface area contributed by atoms with Gasteiger partial charge in [0.25, 0.3) is 0 Å². The third-order valence-electron chi connectivity index (χ3n) is 5.08. The Kier molecular flexibility index (Phi) is 9.86. The molecule has 3 rings (SSSR count). The van der Waals surface area contributed by atoms with Crippen LogP contribution in [0.5, 0.6) is 11.5 Å². The molecule has 0 radical (unpaired) electrons. The summed E-state index contributed by atoms with van der Waals surface area (Å²) in [4.78, 5) is 6.98. The predicted octanol–water partition coefficient (Wildman–Crippen LogP) is 3.86. The average Bonchev–Trinajstić information content (AvgIpc) is 2.72. The normalized spacial score (nSPS) is 19.4. The van der Waals surface area contributed by atoms with Gasteiger partial charge in [-0.15, -0.1) is 24.0 Å². The number of nitrogens with zero attached hydrogens (tertiary/aromatic N) is 2. The molecule has 2 aromatic rings. The molecule has 3 N–H and O–H groups in total. The van der Waals surface area contributed by atoms with Crippen LogP contribution in [0.4, 0.5) is 5.69 Å². The summed E-state index contributed by atoms with van der Waals surface area (Å²) in [7, 11) is 3.21. The van der Waals surface area contributed by atoms with Gasteiger partial charge in [0.2, 0.25) is 0 Å². The van der Waals surface area contributed by atoms with Crippen molar-refractivity contribution in [3.05, 3.63) is 53.6 Å². The lowest BCUT2D eigenvalue weighted by Crippen LogP contribution is -2.44. The van der Waals surface area contributed by atoms with Crippen molar-refractivity contribution in [2.24, 2.45) is 10.7 Å². The molecule has 1 aliphatic rings. The molecule has 1 saturated heterocycles. The van der Waals surface area contributed by atoms with E-state index in [0.717, 1.165) is 25.3 Å². The molecule has 1 fully saturated rings. The summed E-state index contributed by atoms with van der Waals surface area (Å²) >= 11 is 0. The molecule has 0 saturated carbocycles. The van der Waals surface area contributed by atoms with Gasteiger partial charge in [-0.05, 0) is 37.1 Å². The number of morpholine rings is 1. The lowest BCUT2D eigenvalue weighted by molar-refractivity contribution is -0.0705. The highest BCUT2D eigenvalue weighted by molar-refractivity contribution is 14.0. The molecule has 0 bridgehead atoms. The van der Waals surface area contributed by atoms with Gasteiger partial charge in [0.05, 0.1) is 33.0 Å². The zero-order chi connectivity index (χ0) is 21.5. The van der Waals surface area contributed by atoms with Gasteiger partial charge >= 0.3 is 0 Å². The zero-order valence-electron chi connectivity index (χ0n) is 18.6. The van der Waals surface area contributed by atoms with E-state index in [9.17, 15) is 0 Å². The summed E-state index contributed by atoms with van der Waals surface area (Å²) in [6, 6.07) is 13.9. The molecule has 31 heavy (non-hydrogen) atoms. The van der Waals surface area contributed by atoms with E-state index in [1.54, 1.807) is 14.2 Å². The summed E-state index contributed by atoms with van der Waals surface area (Å²) in [6.07, 6.45) is 0.500. The van der Waals surface area contributed by atoms with Crippen LogP contribution in [0.3, 0.4) is 0 Å². The Morgan fingerprint density at radius 3 is 2.35 bits per heavy atom. The highest BCUT2D eigenvalue weighted by Gasteiger charge is 2.22. The Bertz CT molecular complexity index is 868. The number of nitrogens with one attached hydrogen (secondary N) is 1. The SMILES string of the molecule is COc1ccc(NC(N)=NCc2ccccc2CN2CC(C)OC(C)C2)cc1OC.I. The number of nitrogens with two attached hydrogens (primary N) is 1. The first-order valence-corrected chi connectivity index (χ1v) is 10.2. The third kappa shape index (κ3) is 7.26. The van der Waals surface area contributed by atoms with E-state index in [1.807, 2.05) is 24.3 Å². The van der Waals surface area contributed by atoms with E-state index in [0.29, 0.717) is 24.0 Å². The Morgan fingerprint density at radius 1 is 1.06 bits per heavy atom. The van der Waals surface area contributed by atoms with Crippen LogP contribution in [0.1, 0.15) is 25.0 Å². The summed E-state index contributed by atoms with van der Waals surface area (Å²) in [5, 5.41) is 3.12. The van der Waals surface area contributed by atoms with Crippen molar-refractivity contribution in [2.75, 3.05) is 32.6 Å². The fourth-order valence-electron chi connectivity index (χ4n) is 3.79. The number of aliphatic imine (C=N–C) groups is 1. The first kappa shape index (κ1) is 25.2. The molecule has 7 nitrogen and oxygen atoms in total. The van der Waals surface area contributed by atoms with Gasteiger partial charge in [-0.2, -0.15) is 0 Å². The summed E-state index contributed by atoms with van der Waals surface area (Å²) < 4.78 is 16.4.